The number of hydrogen-bond donors (Lipinski definition) is 0. The zero-order valence-electron chi connectivity index (χ0n) is 19.8. The predicted octanol–water partition coefficient (Wildman–Crippen LogP) is 9.41. The molecule has 0 radical (unpaired) electrons. The number of anilines is 3. The first kappa shape index (κ1) is 20.5. The van der Waals surface area contributed by atoms with Gasteiger partial charge in [-0.3, -0.25) is 0 Å². The quantitative estimate of drug-likeness (QED) is 0.254. The van der Waals surface area contributed by atoms with Crippen molar-refractivity contribution in [3.8, 4) is 5.69 Å². The molecule has 170 valence electrons. The summed E-state index contributed by atoms with van der Waals surface area (Å²) in [6, 6.07) is 51.9. The van der Waals surface area contributed by atoms with Crippen molar-refractivity contribution in [2.75, 3.05) is 4.90 Å². The standard InChI is InChI=1S/C34H24N2/c1-4-13-26(14-5-1)35(27-15-6-2-7-16-27)29-21-22-31-33(24-29)36(28-17-8-3-9-18-28)32-23-20-25-12-10-11-19-30(25)34(31)32/h1-24H. The van der Waals surface area contributed by atoms with Gasteiger partial charge in [0.25, 0.3) is 0 Å². The van der Waals surface area contributed by atoms with Crippen LogP contribution in [0, 0.1) is 0 Å². The van der Waals surface area contributed by atoms with Crippen LogP contribution < -0.4 is 4.90 Å². The van der Waals surface area contributed by atoms with Crippen LogP contribution >= 0.6 is 0 Å². The smallest absolute Gasteiger partial charge is 0.0562 e. The van der Waals surface area contributed by atoms with Crippen molar-refractivity contribution in [3.05, 3.63) is 146 Å². The van der Waals surface area contributed by atoms with Gasteiger partial charge in [0.2, 0.25) is 0 Å². The van der Waals surface area contributed by atoms with Gasteiger partial charge in [-0.2, -0.15) is 0 Å². The maximum absolute atomic E-state index is 2.40. The zero-order chi connectivity index (χ0) is 23.9. The second-order valence-corrected chi connectivity index (χ2v) is 9.06. The fourth-order valence-corrected chi connectivity index (χ4v) is 5.37. The van der Waals surface area contributed by atoms with Gasteiger partial charge >= 0.3 is 0 Å². The SMILES string of the molecule is c1ccc(N(c2ccccc2)c2ccc3c4c5ccccc5ccc4n(-c4ccccc4)c3c2)cc1. The van der Waals surface area contributed by atoms with Crippen LogP contribution in [0.4, 0.5) is 17.1 Å². The molecule has 0 atom stereocenters. The molecule has 0 aliphatic heterocycles. The molecule has 0 fully saturated rings. The molecule has 0 aliphatic rings. The lowest BCUT2D eigenvalue weighted by Gasteiger charge is -2.25. The van der Waals surface area contributed by atoms with Crippen LogP contribution in [-0.2, 0) is 0 Å². The Morgan fingerprint density at radius 1 is 0.417 bits per heavy atom. The molecule has 0 saturated carbocycles. The second-order valence-electron chi connectivity index (χ2n) is 9.06. The van der Waals surface area contributed by atoms with Crippen LogP contribution in [0.1, 0.15) is 0 Å². The maximum atomic E-state index is 2.40. The molecule has 7 aromatic rings. The summed E-state index contributed by atoms with van der Waals surface area (Å²) in [7, 11) is 0. The van der Waals surface area contributed by atoms with Gasteiger partial charge in [0.1, 0.15) is 0 Å². The number of hydrogen-bond acceptors (Lipinski definition) is 1. The first-order valence-corrected chi connectivity index (χ1v) is 12.3. The minimum atomic E-state index is 1.13. The highest BCUT2D eigenvalue weighted by Gasteiger charge is 2.18. The number of aromatic nitrogens is 1. The summed E-state index contributed by atoms with van der Waals surface area (Å²) in [5.74, 6) is 0. The molecule has 1 heterocycles. The van der Waals surface area contributed by atoms with E-state index in [0.717, 1.165) is 22.7 Å². The summed E-state index contributed by atoms with van der Waals surface area (Å²) in [4.78, 5) is 2.32. The van der Waals surface area contributed by atoms with Gasteiger partial charge in [-0.05, 0) is 65.4 Å². The van der Waals surface area contributed by atoms with Gasteiger partial charge < -0.3 is 9.47 Å². The molecule has 0 amide bonds. The largest absolute Gasteiger partial charge is 0.310 e. The normalized spacial score (nSPS) is 11.3. The van der Waals surface area contributed by atoms with Crippen molar-refractivity contribution < 1.29 is 0 Å². The van der Waals surface area contributed by atoms with Gasteiger partial charge in [0, 0.05) is 33.5 Å². The number of rotatable bonds is 4. The highest BCUT2D eigenvalue weighted by molar-refractivity contribution is 6.21. The van der Waals surface area contributed by atoms with Crippen LogP contribution in [0.5, 0.6) is 0 Å². The number of fused-ring (bicyclic) bond motifs is 5. The lowest BCUT2D eigenvalue weighted by Crippen LogP contribution is -2.09. The van der Waals surface area contributed by atoms with Gasteiger partial charge in [0.05, 0.1) is 11.0 Å². The lowest BCUT2D eigenvalue weighted by atomic mass is 10.0. The highest BCUT2D eigenvalue weighted by Crippen LogP contribution is 2.41. The Balaban J connectivity index is 1.57. The first-order valence-electron chi connectivity index (χ1n) is 12.3. The van der Waals surface area contributed by atoms with E-state index in [1.807, 2.05) is 0 Å². The Labute approximate surface area is 210 Å². The van der Waals surface area contributed by atoms with Crippen molar-refractivity contribution in [1.29, 1.82) is 0 Å². The fourth-order valence-electron chi connectivity index (χ4n) is 5.37. The van der Waals surface area contributed by atoms with E-state index in [1.165, 1.54) is 32.6 Å². The molecule has 7 rings (SSSR count). The van der Waals surface area contributed by atoms with Gasteiger partial charge in [-0.15, -0.1) is 0 Å². The second kappa shape index (κ2) is 8.44. The molecule has 2 nitrogen and oxygen atoms in total. The number of nitrogens with zero attached hydrogens (tertiary/aromatic N) is 2. The van der Waals surface area contributed by atoms with E-state index in [9.17, 15) is 0 Å². The molecule has 6 aromatic carbocycles. The Bertz CT molecular complexity index is 1780. The molecule has 0 unspecified atom stereocenters. The van der Waals surface area contributed by atoms with E-state index in [4.69, 9.17) is 0 Å². The third-order valence-electron chi connectivity index (χ3n) is 6.94. The van der Waals surface area contributed by atoms with E-state index in [0.29, 0.717) is 0 Å². The summed E-state index contributed by atoms with van der Waals surface area (Å²) < 4.78 is 2.40. The molecular formula is C34H24N2. The summed E-state index contributed by atoms with van der Waals surface area (Å²) in [5, 5.41) is 5.10. The Kier molecular flexibility index (Phi) is 4.82. The monoisotopic (exact) mass is 460 g/mol. The summed E-state index contributed by atoms with van der Waals surface area (Å²) in [6.07, 6.45) is 0. The van der Waals surface area contributed by atoms with Crippen molar-refractivity contribution in [2.45, 2.75) is 0 Å². The third kappa shape index (κ3) is 3.27. The Hall–Kier alpha value is -4.82. The van der Waals surface area contributed by atoms with E-state index >= 15 is 0 Å². The minimum absolute atomic E-state index is 1.13. The topological polar surface area (TPSA) is 8.17 Å². The first-order chi connectivity index (χ1) is 17.9. The van der Waals surface area contributed by atoms with E-state index in [2.05, 4.69) is 155 Å². The van der Waals surface area contributed by atoms with Crippen LogP contribution in [0.15, 0.2) is 146 Å². The molecule has 1 aromatic heterocycles. The number of benzene rings is 6. The molecule has 0 spiro atoms. The predicted molar refractivity (Wildman–Crippen MR) is 153 cm³/mol. The zero-order valence-corrected chi connectivity index (χ0v) is 19.8. The van der Waals surface area contributed by atoms with Gasteiger partial charge in [-0.1, -0.05) is 91.0 Å². The van der Waals surface area contributed by atoms with Crippen LogP contribution in [0.25, 0.3) is 38.3 Å². The molecule has 0 saturated heterocycles. The van der Waals surface area contributed by atoms with Crippen molar-refractivity contribution in [3.63, 3.8) is 0 Å². The molecule has 2 heteroatoms. The van der Waals surface area contributed by atoms with E-state index < -0.39 is 0 Å². The summed E-state index contributed by atoms with van der Waals surface area (Å²) >= 11 is 0. The number of para-hydroxylation sites is 3. The van der Waals surface area contributed by atoms with Crippen LogP contribution in [-0.4, -0.2) is 4.57 Å². The minimum Gasteiger partial charge on any atom is -0.310 e. The molecule has 0 aliphatic carbocycles. The Morgan fingerprint density at radius 2 is 1.03 bits per heavy atom. The molecule has 36 heavy (non-hydrogen) atoms. The molecular weight excluding hydrogens is 436 g/mol. The molecule has 0 N–H and O–H groups in total. The summed E-state index contributed by atoms with van der Waals surface area (Å²) in [5.41, 5.74) is 6.98. The average molecular weight is 461 g/mol. The maximum Gasteiger partial charge on any atom is 0.0562 e. The Morgan fingerprint density at radius 3 is 1.72 bits per heavy atom. The van der Waals surface area contributed by atoms with Gasteiger partial charge in [-0.25, -0.2) is 0 Å². The van der Waals surface area contributed by atoms with Crippen molar-refractivity contribution >= 4 is 49.6 Å². The van der Waals surface area contributed by atoms with Crippen molar-refractivity contribution in [1.82, 2.24) is 4.57 Å². The molecule has 0 bridgehead atoms. The van der Waals surface area contributed by atoms with Crippen LogP contribution in [0.3, 0.4) is 0 Å². The highest BCUT2D eigenvalue weighted by atomic mass is 15.1. The van der Waals surface area contributed by atoms with E-state index in [-0.39, 0.29) is 0 Å². The lowest BCUT2D eigenvalue weighted by molar-refractivity contribution is 1.18. The van der Waals surface area contributed by atoms with E-state index in [1.54, 1.807) is 0 Å². The fraction of sp³-hybridized carbons (Fsp3) is 0. The summed E-state index contributed by atoms with van der Waals surface area (Å²) in [6.45, 7) is 0. The van der Waals surface area contributed by atoms with Crippen LogP contribution in [0.2, 0.25) is 0 Å². The van der Waals surface area contributed by atoms with Crippen molar-refractivity contribution in [2.24, 2.45) is 0 Å². The third-order valence-corrected chi connectivity index (χ3v) is 6.94. The average Bonchev–Trinajstić information content (AvgIpc) is 3.29. The van der Waals surface area contributed by atoms with Gasteiger partial charge in [0.15, 0.2) is 0 Å².